The fraction of sp³-hybridized carbons (Fsp3) is 0.714. The smallest absolute Gasteiger partial charge is 0.242 e. The Balaban J connectivity index is 2.36. The van der Waals surface area contributed by atoms with Crippen molar-refractivity contribution in [2.45, 2.75) is 44.6 Å². The van der Waals surface area contributed by atoms with E-state index in [2.05, 4.69) is 28.9 Å². The molecule has 6 nitrogen and oxygen atoms in total. The summed E-state index contributed by atoms with van der Waals surface area (Å²) >= 11 is 0. The summed E-state index contributed by atoms with van der Waals surface area (Å²) in [5, 5.41) is 3.22. The Hall–Kier alpha value is -0.890. The number of nitrogens with one attached hydrogen (secondary N) is 3. The van der Waals surface area contributed by atoms with Crippen LogP contribution in [0.15, 0.2) is 17.2 Å². The van der Waals surface area contributed by atoms with E-state index in [1.54, 1.807) is 6.07 Å². The Bertz CT molecular complexity index is 485. The van der Waals surface area contributed by atoms with Crippen molar-refractivity contribution in [3.05, 3.63) is 18.0 Å². The number of aromatic amines is 1. The summed E-state index contributed by atoms with van der Waals surface area (Å²) in [4.78, 5) is 3.24. The third-order valence-corrected chi connectivity index (χ3v) is 4.39. The minimum absolute atomic E-state index is 0.268. The van der Waals surface area contributed by atoms with Crippen molar-refractivity contribution < 1.29 is 13.2 Å². The highest BCUT2D eigenvalue weighted by Crippen LogP contribution is 2.10. The number of unbranched alkanes of at least 4 members (excludes halogenated alkanes) is 1. The monoisotopic (exact) mass is 317 g/mol. The lowest BCUT2D eigenvalue weighted by atomic mass is 10.4. The number of hydrogen-bond acceptors (Lipinski definition) is 4. The minimum atomic E-state index is -3.45. The lowest BCUT2D eigenvalue weighted by Crippen LogP contribution is -2.27. The van der Waals surface area contributed by atoms with Gasteiger partial charge >= 0.3 is 0 Å². The summed E-state index contributed by atoms with van der Waals surface area (Å²) in [6.07, 6.45) is 4.64. The highest BCUT2D eigenvalue weighted by Gasteiger charge is 2.15. The second-order valence-electron chi connectivity index (χ2n) is 4.90. The summed E-state index contributed by atoms with van der Waals surface area (Å²) in [5.41, 5.74) is 0.864. The summed E-state index contributed by atoms with van der Waals surface area (Å²) in [6.45, 7) is 7.10. The van der Waals surface area contributed by atoms with E-state index in [1.807, 2.05) is 0 Å². The maximum absolute atomic E-state index is 12.1. The average molecular weight is 317 g/mol. The first-order valence-corrected chi connectivity index (χ1v) is 9.04. The molecule has 0 aromatic carbocycles. The molecule has 1 rings (SSSR count). The summed E-state index contributed by atoms with van der Waals surface area (Å²) in [6, 6.07) is 1.66. The summed E-state index contributed by atoms with van der Waals surface area (Å²) in [5.74, 6) is 0. The lowest BCUT2D eigenvalue weighted by molar-refractivity contribution is 0.136. The Labute approximate surface area is 127 Å². The molecule has 3 N–H and O–H groups in total. The van der Waals surface area contributed by atoms with Gasteiger partial charge in [0.2, 0.25) is 10.0 Å². The number of rotatable bonds is 12. The maximum Gasteiger partial charge on any atom is 0.242 e. The average Bonchev–Trinajstić information content (AvgIpc) is 2.93. The Morgan fingerprint density at radius 3 is 2.71 bits per heavy atom. The van der Waals surface area contributed by atoms with E-state index >= 15 is 0 Å². The first-order chi connectivity index (χ1) is 10.1. The Morgan fingerprint density at radius 2 is 2.00 bits per heavy atom. The molecule has 122 valence electrons. The van der Waals surface area contributed by atoms with Crippen LogP contribution in [0.1, 0.15) is 38.8 Å². The van der Waals surface area contributed by atoms with Crippen molar-refractivity contribution in [3.63, 3.8) is 0 Å². The van der Waals surface area contributed by atoms with Crippen LogP contribution in [-0.4, -0.2) is 39.7 Å². The van der Waals surface area contributed by atoms with Crippen molar-refractivity contribution in [1.29, 1.82) is 0 Å². The van der Waals surface area contributed by atoms with Gasteiger partial charge in [-0.05, 0) is 25.5 Å². The molecule has 0 spiro atoms. The molecule has 1 aromatic rings. The second kappa shape index (κ2) is 9.94. The van der Waals surface area contributed by atoms with Gasteiger partial charge in [-0.25, -0.2) is 13.1 Å². The molecule has 0 saturated heterocycles. The fourth-order valence-electron chi connectivity index (χ4n) is 1.76. The Kier molecular flexibility index (Phi) is 8.60. The van der Waals surface area contributed by atoms with Gasteiger partial charge in [-0.2, -0.15) is 0 Å². The minimum Gasteiger partial charge on any atom is -0.380 e. The molecule has 21 heavy (non-hydrogen) atoms. The van der Waals surface area contributed by atoms with Crippen LogP contribution in [0.4, 0.5) is 0 Å². The van der Waals surface area contributed by atoms with E-state index < -0.39 is 10.0 Å². The van der Waals surface area contributed by atoms with Crippen LogP contribution < -0.4 is 10.0 Å². The van der Waals surface area contributed by atoms with Crippen molar-refractivity contribution in [1.82, 2.24) is 15.0 Å². The number of ether oxygens (including phenoxy) is 1. The molecular weight excluding hydrogens is 290 g/mol. The van der Waals surface area contributed by atoms with Crippen LogP contribution in [0.5, 0.6) is 0 Å². The van der Waals surface area contributed by atoms with Crippen molar-refractivity contribution >= 4 is 10.0 Å². The van der Waals surface area contributed by atoms with Crippen molar-refractivity contribution in [2.24, 2.45) is 0 Å². The van der Waals surface area contributed by atoms with Crippen LogP contribution in [0.25, 0.3) is 0 Å². The number of aromatic nitrogens is 1. The quantitative estimate of drug-likeness (QED) is 0.511. The van der Waals surface area contributed by atoms with E-state index in [-0.39, 0.29) is 4.90 Å². The highest BCUT2D eigenvalue weighted by molar-refractivity contribution is 7.89. The normalized spacial score (nSPS) is 11.9. The van der Waals surface area contributed by atoms with Crippen LogP contribution >= 0.6 is 0 Å². The van der Waals surface area contributed by atoms with Crippen molar-refractivity contribution in [2.75, 3.05) is 26.3 Å². The molecule has 0 fully saturated rings. The summed E-state index contributed by atoms with van der Waals surface area (Å²) in [7, 11) is -3.45. The fourth-order valence-corrected chi connectivity index (χ4v) is 2.79. The molecule has 0 aliphatic heterocycles. The number of H-pyrrole nitrogens is 1. The molecule has 0 amide bonds. The number of hydrogen-bond donors (Lipinski definition) is 3. The topological polar surface area (TPSA) is 83.2 Å². The third-order valence-electron chi connectivity index (χ3n) is 2.95. The zero-order chi connectivity index (χ0) is 15.6. The lowest BCUT2D eigenvalue weighted by Gasteiger charge is -2.05. The molecule has 0 saturated carbocycles. The van der Waals surface area contributed by atoms with Gasteiger partial charge in [-0.1, -0.05) is 20.3 Å². The molecule has 0 bridgehead atoms. The van der Waals surface area contributed by atoms with Gasteiger partial charge in [-0.3, -0.25) is 0 Å². The largest absolute Gasteiger partial charge is 0.380 e. The van der Waals surface area contributed by atoms with Gasteiger partial charge in [0.25, 0.3) is 0 Å². The zero-order valence-corrected chi connectivity index (χ0v) is 13.8. The van der Waals surface area contributed by atoms with E-state index in [4.69, 9.17) is 4.74 Å². The molecule has 0 aliphatic carbocycles. The van der Waals surface area contributed by atoms with Gasteiger partial charge in [0.1, 0.15) is 0 Å². The first kappa shape index (κ1) is 18.2. The van der Waals surface area contributed by atoms with E-state index in [0.717, 1.165) is 31.5 Å². The molecule has 0 radical (unpaired) electrons. The van der Waals surface area contributed by atoms with Crippen molar-refractivity contribution in [3.8, 4) is 0 Å². The predicted octanol–water partition coefficient (Wildman–Crippen LogP) is 1.61. The van der Waals surface area contributed by atoms with Gasteiger partial charge < -0.3 is 15.0 Å². The SMILES string of the molecule is CCCCOCCNS(=O)(=O)c1c[nH]c(CNCCC)c1. The van der Waals surface area contributed by atoms with Crippen LogP contribution in [0, 0.1) is 0 Å². The molecule has 7 heteroatoms. The van der Waals surface area contributed by atoms with Gasteiger partial charge in [0.15, 0.2) is 0 Å². The molecule has 1 heterocycles. The van der Waals surface area contributed by atoms with Crippen LogP contribution in [0.2, 0.25) is 0 Å². The zero-order valence-electron chi connectivity index (χ0n) is 12.9. The molecule has 0 atom stereocenters. The van der Waals surface area contributed by atoms with Crippen LogP contribution in [-0.2, 0) is 21.3 Å². The predicted molar refractivity (Wildman–Crippen MR) is 83.7 cm³/mol. The maximum atomic E-state index is 12.1. The van der Waals surface area contributed by atoms with E-state index in [1.165, 1.54) is 6.20 Å². The van der Waals surface area contributed by atoms with E-state index in [9.17, 15) is 8.42 Å². The van der Waals surface area contributed by atoms with Gasteiger partial charge in [-0.15, -0.1) is 0 Å². The summed E-state index contributed by atoms with van der Waals surface area (Å²) < 4.78 is 32.0. The standard InChI is InChI=1S/C14H27N3O3S/c1-3-5-8-20-9-7-17-21(18,19)14-10-13(16-12-14)11-15-6-4-2/h10,12,15-17H,3-9,11H2,1-2H3. The molecule has 0 unspecified atom stereocenters. The highest BCUT2D eigenvalue weighted by atomic mass is 32.2. The number of sulfonamides is 1. The van der Waals surface area contributed by atoms with Gasteiger partial charge in [0.05, 0.1) is 11.5 Å². The third kappa shape index (κ3) is 7.08. The van der Waals surface area contributed by atoms with Crippen LogP contribution in [0.3, 0.4) is 0 Å². The molecular formula is C14H27N3O3S. The Morgan fingerprint density at radius 1 is 1.19 bits per heavy atom. The van der Waals surface area contributed by atoms with E-state index in [0.29, 0.717) is 26.3 Å². The first-order valence-electron chi connectivity index (χ1n) is 7.55. The second-order valence-corrected chi connectivity index (χ2v) is 6.67. The molecule has 1 aromatic heterocycles. The van der Waals surface area contributed by atoms with Gasteiger partial charge in [0, 0.05) is 31.6 Å². The molecule has 0 aliphatic rings.